The predicted molar refractivity (Wildman–Crippen MR) is 121 cm³/mol. The summed E-state index contributed by atoms with van der Waals surface area (Å²) in [5, 5.41) is 0. The van der Waals surface area contributed by atoms with Gasteiger partial charge in [0.15, 0.2) is 0 Å². The third kappa shape index (κ3) is 3.82. The van der Waals surface area contributed by atoms with Gasteiger partial charge in [0.1, 0.15) is 0 Å². The van der Waals surface area contributed by atoms with Crippen molar-refractivity contribution in [2.75, 3.05) is 26.2 Å². The van der Waals surface area contributed by atoms with Crippen LogP contribution in [0.1, 0.15) is 93.4 Å². The Morgan fingerprint density at radius 3 is 2.07 bits per heavy atom. The quantitative estimate of drug-likeness (QED) is 0.545. The Morgan fingerprint density at radius 1 is 0.857 bits per heavy atom. The van der Waals surface area contributed by atoms with E-state index >= 15 is 0 Å². The molecule has 28 heavy (non-hydrogen) atoms. The molecule has 0 aromatic rings. The van der Waals surface area contributed by atoms with E-state index in [2.05, 4.69) is 58.3 Å². The highest BCUT2D eigenvalue weighted by molar-refractivity contribution is 5.06. The molecule has 0 bridgehead atoms. The lowest BCUT2D eigenvalue weighted by Crippen LogP contribution is -2.60. The fourth-order valence-corrected chi connectivity index (χ4v) is 7.57. The maximum Gasteiger partial charge on any atom is 0.00972 e. The van der Waals surface area contributed by atoms with Crippen LogP contribution in [0.2, 0.25) is 0 Å². The maximum atomic E-state index is 2.85. The predicted octanol–water partition coefficient (Wildman–Crippen LogP) is 6.06. The molecule has 2 aliphatic heterocycles. The van der Waals surface area contributed by atoms with Gasteiger partial charge in [0.25, 0.3) is 0 Å². The van der Waals surface area contributed by atoms with Crippen LogP contribution in [0.5, 0.6) is 0 Å². The summed E-state index contributed by atoms with van der Waals surface area (Å²) in [5.74, 6) is 2.88. The van der Waals surface area contributed by atoms with Crippen LogP contribution in [0.15, 0.2) is 0 Å². The molecule has 0 aromatic carbocycles. The van der Waals surface area contributed by atoms with Crippen molar-refractivity contribution in [2.24, 2.45) is 34.0 Å². The molecule has 0 aromatic heterocycles. The molecule has 2 unspecified atom stereocenters. The first kappa shape index (κ1) is 21.2. The third-order valence-corrected chi connectivity index (χ3v) is 9.87. The Kier molecular flexibility index (Phi) is 5.49. The highest BCUT2D eigenvalue weighted by Crippen LogP contribution is 2.63. The van der Waals surface area contributed by atoms with Crippen molar-refractivity contribution in [1.29, 1.82) is 0 Å². The van der Waals surface area contributed by atoms with Crippen LogP contribution >= 0.6 is 0 Å². The second-order valence-corrected chi connectivity index (χ2v) is 13.1. The van der Waals surface area contributed by atoms with E-state index < -0.39 is 0 Å². The van der Waals surface area contributed by atoms with Crippen LogP contribution < -0.4 is 0 Å². The van der Waals surface area contributed by atoms with Crippen molar-refractivity contribution in [3.05, 3.63) is 0 Å². The first-order valence-electron chi connectivity index (χ1n) is 12.5. The third-order valence-electron chi connectivity index (χ3n) is 9.87. The smallest absolute Gasteiger partial charge is 0.00972 e. The average Bonchev–Trinajstić information content (AvgIpc) is 3.16. The SMILES string of the molecule is CC(C)C1CCC2(C1)CC(C(C)(C)CC(C)N1CCC3(CN(C(C)C)C3)C1)C2. The van der Waals surface area contributed by atoms with Crippen LogP contribution in [0.3, 0.4) is 0 Å². The van der Waals surface area contributed by atoms with E-state index in [0.29, 0.717) is 10.8 Å². The number of likely N-dealkylation sites (tertiary alicyclic amines) is 2. The zero-order valence-corrected chi connectivity index (χ0v) is 20.1. The molecule has 4 rings (SSSR count). The molecule has 4 aliphatic rings. The van der Waals surface area contributed by atoms with Gasteiger partial charge in [0.2, 0.25) is 0 Å². The van der Waals surface area contributed by atoms with E-state index in [4.69, 9.17) is 0 Å². The van der Waals surface area contributed by atoms with E-state index in [-0.39, 0.29) is 0 Å². The van der Waals surface area contributed by atoms with Crippen LogP contribution in [-0.2, 0) is 0 Å². The average molecular weight is 389 g/mol. The van der Waals surface area contributed by atoms with Crippen LogP contribution in [0.4, 0.5) is 0 Å². The Morgan fingerprint density at radius 2 is 1.50 bits per heavy atom. The lowest BCUT2D eigenvalue weighted by atomic mass is 9.52. The normalized spacial score (nSPS) is 37.2. The van der Waals surface area contributed by atoms with Crippen LogP contribution in [0, 0.1) is 34.0 Å². The van der Waals surface area contributed by atoms with Crippen LogP contribution in [-0.4, -0.2) is 48.1 Å². The van der Waals surface area contributed by atoms with Crippen LogP contribution in [0.25, 0.3) is 0 Å². The van der Waals surface area contributed by atoms with Gasteiger partial charge in [-0.1, -0.05) is 27.7 Å². The van der Waals surface area contributed by atoms with Crippen molar-refractivity contribution >= 4 is 0 Å². The molecule has 4 fully saturated rings. The van der Waals surface area contributed by atoms with Crippen molar-refractivity contribution in [3.8, 4) is 0 Å². The summed E-state index contributed by atoms with van der Waals surface area (Å²) < 4.78 is 0. The molecule has 162 valence electrons. The van der Waals surface area contributed by atoms with Crippen molar-refractivity contribution in [1.82, 2.24) is 9.80 Å². The molecule has 2 heterocycles. The number of hydrogen-bond donors (Lipinski definition) is 0. The molecule has 2 heteroatoms. The summed E-state index contributed by atoms with van der Waals surface area (Å²) >= 11 is 0. The standard InChI is InChI=1S/C26H48N2/c1-19(2)22-8-9-25(13-22)14-23(15-25)24(6,7)12-21(5)27-11-10-26(16-27)17-28(18-26)20(3)4/h19-23H,8-18H2,1-7H3. The van der Waals surface area contributed by atoms with Crippen molar-refractivity contribution in [2.45, 2.75) is 105 Å². The van der Waals surface area contributed by atoms with Gasteiger partial charge in [0, 0.05) is 37.1 Å². The summed E-state index contributed by atoms with van der Waals surface area (Å²) in [6, 6.07) is 1.49. The topological polar surface area (TPSA) is 6.48 Å². The lowest BCUT2D eigenvalue weighted by molar-refractivity contribution is -0.0390. The monoisotopic (exact) mass is 388 g/mol. The highest BCUT2D eigenvalue weighted by Gasteiger charge is 2.54. The van der Waals surface area contributed by atoms with E-state index in [1.54, 1.807) is 0 Å². The Labute approximate surface area is 175 Å². The fraction of sp³-hybridized carbons (Fsp3) is 1.00. The number of rotatable bonds is 6. The van der Waals surface area contributed by atoms with Gasteiger partial charge >= 0.3 is 0 Å². The molecule has 2 atom stereocenters. The zero-order chi connectivity index (χ0) is 20.3. The Balaban J connectivity index is 1.25. The Bertz CT molecular complexity index is 551. The van der Waals surface area contributed by atoms with Gasteiger partial charge in [-0.15, -0.1) is 0 Å². The second kappa shape index (κ2) is 7.26. The molecule has 0 amide bonds. The largest absolute Gasteiger partial charge is 0.300 e. The van der Waals surface area contributed by atoms with E-state index in [0.717, 1.165) is 35.3 Å². The Hall–Kier alpha value is -0.0800. The second-order valence-electron chi connectivity index (χ2n) is 13.1. The van der Waals surface area contributed by atoms with Gasteiger partial charge in [0.05, 0.1) is 0 Å². The molecular weight excluding hydrogens is 340 g/mol. The summed E-state index contributed by atoms with van der Waals surface area (Å²) in [5.41, 5.74) is 1.91. The first-order chi connectivity index (χ1) is 13.0. The van der Waals surface area contributed by atoms with Crippen molar-refractivity contribution in [3.63, 3.8) is 0 Å². The number of nitrogens with zero attached hydrogens (tertiary/aromatic N) is 2. The van der Waals surface area contributed by atoms with Crippen molar-refractivity contribution < 1.29 is 0 Å². The zero-order valence-electron chi connectivity index (χ0n) is 20.1. The molecule has 2 aliphatic carbocycles. The fourth-order valence-electron chi connectivity index (χ4n) is 7.57. The van der Waals surface area contributed by atoms with Gasteiger partial charge in [-0.25, -0.2) is 0 Å². The molecule has 0 radical (unpaired) electrons. The summed E-state index contributed by atoms with van der Waals surface area (Å²) in [6.07, 6.45) is 10.5. The summed E-state index contributed by atoms with van der Waals surface area (Å²) in [4.78, 5) is 5.51. The molecule has 2 nitrogen and oxygen atoms in total. The minimum Gasteiger partial charge on any atom is -0.300 e. The molecule has 2 saturated carbocycles. The van der Waals surface area contributed by atoms with Gasteiger partial charge in [-0.3, -0.25) is 9.80 Å². The molecule has 2 saturated heterocycles. The van der Waals surface area contributed by atoms with Gasteiger partial charge < -0.3 is 0 Å². The van der Waals surface area contributed by atoms with E-state index in [1.807, 2.05) is 0 Å². The van der Waals surface area contributed by atoms with E-state index in [1.165, 1.54) is 71.1 Å². The molecule has 2 spiro atoms. The minimum absolute atomic E-state index is 0.514. The minimum atomic E-state index is 0.514. The number of hydrogen-bond acceptors (Lipinski definition) is 2. The lowest BCUT2D eigenvalue weighted by Gasteiger charge is -2.54. The summed E-state index contributed by atoms with van der Waals surface area (Å²) in [7, 11) is 0. The first-order valence-corrected chi connectivity index (χ1v) is 12.5. The highest BCUT2D eigenvalue weighted by atomic mass is 15.3. The maximum absolute atomic E-state index is 2.85. The van der Waals surface area contributed by atoms with Gasteiger partial charge in [-0.2, -0.15) is 0 Å². The molecule has 0 N–H and O–H groups in total. The van der Waals surface area contributed by atoms with E-state index in [9.17, 15) is 0 Å². The van der Waals surface area contributed by atoms with Gasteiger partial charge in [-0.05, 0) is 101 Å². The summed E-state index contributed by atoms with van der Waals surface area (Å²) in [6.45, 7) is 22.7. The molecular formula is C26H48N2.